The first-order valence-electron chi connectivity index (χ1n) is 9.32. The van der Waals surface area contributed by atoms with Crippen LogP contribution < -0.4 is 10.6 Å². The number of nitrogens with zero attached hydrogens (tertiary/aromatic N) is 4. The van der Waals surface area contributed by atoms with E-state index in [4.69, 9.17) is 27.3 Å². The molecule has 0 saturated carbocycles. The van der Waals surface area contributed by atoms with Gasteiger partial charge in [-0.2, -0.15) is 0 Å². The predicted molar refractivity (Wildman–Crippen MR) is 113 cm³/mol. The lowest BCUT2D eigenvalue weighted by atomic mass is 10.3. The average molecular weight is 414 g/mol. The Kier molecular flexibility index (Phi) is 4.41. The highest BCUT2D eigenvalue weighted by molar-refractivity contribution is 7.99. The van der Waals surface area contributed by atoms with Gasteiger partial charge in [-0.05, 0) is 42.8 Å². The summed E-state index contributed by atoms with van der Waals surface area (Å²) in [7, 11) is 0. The van der Waals surface area contributed by atoms with Crippen LogP contribution in [-0.4, -0.2) is 44.1 Å². The number of nitrogens with one attached hydrogen (secondary N) is 2. The zero-order valence-electron chi connectivity index (χ0n) is 15.4. The lowest BCUT2D eigenvalue weighted by Crippen LogP contribution is -2.27. The molecule has 4 N–H and O–H groups in total. The standard InChI is InChI=1S/C19H20ClN7S/c1-2-12-16(20)15-17(24-12)25-19(26-18(15)27-6-5-10(21)8-27)28-11-3-4-13-14(7-11)23-9-22-13/h3-4,7,9-10H,2,5-6,8,21H2,1H3,(H,22,23)(H,24,25,26)/t10-/m0/s1. The molecule has 1 aromatic carbocycles. The summed E-state index contributed by atoms with van der Waals surface area (Å²) in [5.74, 6) is 0.863. The van der Waals surface area contributed by atoms with Crippen molar-refractivity contribution in [2.24, 2.45) is 5.73 Å². The molecule has 0 aliphatic carbocycles. The highest BCUT2D eigenvalue weighted by atomic mass is 35.5. The maximum Gasteiger partial charge on any atom is 0.196 e. The minimum atomic E-state index is 0.159. The quantitative estimate of drug-likeness (QED) is 0.441. The SMILES string of the molecule is CCc1[nH]c2nc(Sc3ccc4[nH]cnc4c3)nc(N3CC[C@H](N)C3)c2c1Cl. The van der Waals surface area contributed by atoms with Crippen LogP contribution in [0.5, 0.6) is 0 Å². The molecule has 1 aliphatic heterocycles. The Balaban J connectivity index is 1.60. The van der Waals surface area contributed by atoms with Crippen LogP contribution in [0.3, 0.4) is 0 Å². The van der Waals surface area contributed by atoms with Gasteiger partial charge in [0, 0.05) is 29.7 Å². The van der Waals surface area contributed by atoms with Crippen molar-refractivity contribution < 1.29 is 0 Å². The van der Waals surface area contributed by atoms with E-state index in [-0.39, 0.29) is 6.04 Å². The summed E-state index contributed by atoms with van der Waals surface area (Å²) in [5.41, 5.74) is 9.83. The first-order chi connectivity index (χ1) is 13.6. The number of fused-ring (bicyclic) bond motifs is 2. The Labute approximate surface area is 171 Å². The number of aryl methyl sites for hydroxylation is 1. The van der Waals surface area contributed by atoms with E-state index in [1.165, 1.54) is 11.8 Å². The summed E-state index contributed by atoms with van der Waals surface area (Å²) < 4.78 is 0. The van der Waals surface area contributed by atoms with Crippen LogP contribution in [-0.2, 0) is 6.42 Å². The van der Waals surface area contributed by atoms with Gasteiger partial charge in [-0.3, -0.25) is 0 Å². The van der Waals surface area contributed by atoms with Crippen molar-refractivity contribution in [1.29, 1.82) is 0 Å². The number of imidazole rings is 1. The number of aromatic amines is 2. The van der Waals surface area contributed by atoms with Crippen molar-refractivity contribution in [3.05, 3.63) is 35.2 Å². The molecule has 28 heavy (non-hydrogen) atoms. The molecule has 0 bridgehead atoms. The summed E-state index contributed by atoms with van der Waals surface area (Å²) in [4.78, 5) is 23.7. The summed E-state index contributed by atoms with van der Waals surface area (Å²) >= 11 is 8.17. The normalized spacial score (nSPS) is 17.2. The van der Waals surface area contributed by atoms with Gasteiger partial charge < -0.3 is 20.6 Å². The van der Waals surface area contributed by atoms with E-state index >= 15 is 0 Å². The van der Waals surface area contributed by atoms with E-state index < -0.39 is 0 Å². The van der Waals surface area contributed by atoms with E-state index in [9.17, 15) is 0 Å². The number of halogens is 1. The van der Waals surface area contributed by atoms with Crippen molar-refractivity contribution in [3.8, 4) is 0 Å². The topological polar surface area (TPSA) is 99.5 Å². The molecule has 0 radical (unpaired) electrons. The number of hydrogen-bond acceptors (Lipinski definition) is 6. The molecule has 0 spiro atoms. The van der Waals surface area contributed by atoms with Gasteiger partial charge in [-0.15, -0.1) is 0 Å². The average Bonchev–Trinajstić information content (AvgIpc) is 3.40. The number of hydrogen-bond donors (Lipinski definition) is 3. The first kappa shape index (κ1) is 17.8. The molecule has 4 aromatic rings. The molecule has 9 heteroatoms. The Bertz CT molecular complexity index is 1170. The van der Waals surface area contributed by atoms with Crippen molar-refractivity contribution in [2.45, 2.75) is 35.9 Å². The highest BCUT2D eigenvalue weighted by Gasteiger charge is 2.26. The fourth-order valence-corrected chi connectivity index (χ4v) is 4.79. The third kappa shape index (κ3) is 3.01. The molecule has 5 rings (SSSR count). The van der Waals surface area contributed by atoms with Crippen molar-refractivity contribution in [1.82, 2.24) is 24.9 Å². The molecular weight excluding hydrogens is 394 g/mol. The zero-order valence-corrected chi connectivity index (χ0v) is 16.9. The van der Waals surface area contributed by atoms with E-state index in [1.807, 2.05) is 18.2 Å². The largest absolute Gasteiger partial charge is 0.354 e. The number of rotatable bonds is 4. The third-order valence-corrected chi connectivity index (χ3v) is 6.37. The number of H-pyrrole nitrogens is 2. The van der Waals surface area contributed by atoms with Crippen LogP contribution in [0.1, 0.15) is 19.0 Å². The molecule has 3 aromatic heterocycles. The van der Waals surface area contributed by atoms with Crippen LogP contribution in [0.4, 0.5) is 5.82 Å². The minimum Gasteiger partial charge on any atom is -0.354 e. The van der Waals surface area contributed by atoms with Crippen molar-refractivity contribution in [2.75, 3.05) is 18.0 Å². The van der Waals surface area contributed by atoms with Gasteiger partial charge in [0.1, 0.15) is 11.5 Å². The number of aromatic nitrogens is 5. The summed E-state index contributed by atoms with van der Waals surface area (Å²) in [6, 6.07) is 6.26. The molecule has 7 nitrogen and oxygen atoms in total. The molecule has 1 fully saturated rings. The Morgan fingerprint density at radius 3 is 3.04 bits per heavy atom. The summed E-state index contributed by atoms with van der Waals surface area (Å²) in [5, 5.41) is 2.28. The van der Waals surface area contributed by atoms with Gasteiger partial charge in [0.25, 0.3) is 0 Å². The molecule has 0 unspecified atom stereocenters. The lowest BCUT2D eigenvalue weighted by Gasteiger charge is -2.18. The van der Waals surface area contributed by atoms with Crippen LogP contribution in [0, 0.1) is 0 Å². The van der Waals surface area contributed by atoms with E-state index in [1.54, 1.807) is 6.33 Å². The van der Waals surface area contributed by atoms with Gasteiger partial charge in [0.15, 0.2) is 5.16 Å². The molecular formula is C19H20ClN7S. The number of anilines is 1. The van der Waals surface area contributed by atoms with Gasteiger partial charge in [0.2, 0.25) is 0 Å². The molecule has 0 amide bonds. The monoisotopic (exact) mass is 413 g/mol. The van der Waals surface area contributed by atoms with E-state index in [2.05, 4.69) is 26.8 Å². The van der Waals surface area contributed by atoms with Gasteiger partial charge in [-0.25, -0.2) is 15.0 Å². The van der Waals surface area contributed by atoms with Crippen LogP contribution in [0.2, 0.25) is 5.02 Å². The smallest absolute Gasteiger partial charge is 0.196 e. The van der Waals surface area contributed by atoms with Crippen LogP contribution in [0.25, 0.3) is 22.1 Å². The minimum absolute atomic E-state index is 0.159. The zero-order chi connectivity index (χ0) is 19.3. The molecule has 1 atom stereocenters. The fraction of sp³-hybridized carbons (Fsp3) is 0.316. The van der Waals surface area contributed by atoms with Gasteiger partial charge in [-0.1, -0.05) is 18.5 Å². The van der Waals surface area contributed by atoms with E-state index in [0.29, 0.717) is 10.2 Å². The summed E-state index contributed by atoms with van der Waals surface area (Å²) in [6.07, 6.45) is 3.46. The maximum atomic E-state index is 6.65. The van der Waals surface area contributed by atoms with Crippen molar-refractivity contribution >= 4 is 51.2 Å². The Morgan fingerprint density at radius 2 is 2.25 bits per heavy atom. The van der Waals surface area contributed by atoms with Gasteiger partial charge >= 0.3 is 0 Å². The number of benzene rings is 1. The van der Waals surface area contributed by atoms with E-state index in [0.717, 1.165) is 64.4 Å². The maximum absolute atomic E-state index is 6.65. The second-order valence-corrected chi connectivity index (χ2v) is 8.42. The number of nitrogens with two attached hydrogens (primary N) is 1. The van der Waals surface area contributed by atoms with Crippen LogP contribution in [0.15, 0.2) is 34.6 Å². The molecule has 1 aliphatic rings. The molecule has 144 valence electrons. The predicted octanol–water partition coefficient (Wildman–Crippen LogP) is 3.74. The highest BCUT2D eigenvalue weighted by Crippen LogP contribution is 2.37. The molecule has 1 saturated heterocycles. The second-order valence-electron chi connectivity index (χ2n) is 7.00. The van der Waals surface area contributed by atoms with Crippen LogP contribution >= 0.6 is 23.4 Å². The lowest BCUT2D eigenvalue weighted by molar-refractivity contribution is 0.751. The Hall–Kier alpha value is -2.29. The first-order valence-corrected chi connectivity index (χ1v) is 10.5. The van der Waals surface area contributed by atoms with Gasteiger partial charge in [0.05, 0.1) is 27.8 Å². The Morgan fingerprint density at radius 1 is 1.36 bits per heavy atom. The summed E-state index contributed by atoms with van der Waals surface area (Å²) in [6.45, 7) is 3.72. The second kappa shape index (κ2) is 6.95. The fourth-order valence-electron chi connectivity index (χ4n) is 3.65. The molecule has 4 heterocycles. The third-order valence-electron chi connectivity index (χ3n) is 5.10. The van der Waals surface area contributed by atoms with Crippen molar-refractivity contribution in [3.63, 3.8) is 0 Å².